The van der Waals surface area contributed by atoms with E-state index < -0.39 is 10.0 Å². The van der Waals surface area contributed by atoms with E-state index in [9.17, 15) is 8.42 Å². The van der Waals surface area contributed by atoms with E-state index in [1.54, 1.807) is 42.6 Å². The Balaban J connectivity index is 2.22. The van der Waals surface area contributed by atoms with Crippen molar-refractivity contribution in [2.45, 2.75) is 11.4 Å². The lowest BCUT2D eigenvalue weighted by Crippen LogP contribution is -2.26. The van der Waals surface area contributed by atoms with Crippen LogP contribution >= 0.6 is 27.3 Å². The molecule has 6 heteroatoms. The van der Waals surface area contributed by atoms with Crippen LogP contribution < -0.4 is 0 Å². The number of rotatable bonds is 4. The second kappa shape index (κ2) is 5.52. The fourth-order valence-electron chi connectivity index (χ4n) is 1.49. The number of thiophene rings is 1. The average Bonchev–Trinajstić information content (AvgIpc) is 2.82. The Hall–Kier alpha value is -0.690. The van der Waals surface area contributed by atoms with Crippen LogP contribution in [0.15, 0.2) is 51.1 Å². The van der Waals surface area contributed by atoms with Crippen LogP contribution in [0.3, 0.4) is 0 Å². The van der Waals surface area contributed by atoms with Gasteiger partial charge in [0.15, 0.2) is 0 Å². The molecule has 0 aliphatic heterocycles. The van der Waals surface area contributed by atoms with Crippen LogP contribution in [0.1, 0.15) is 4.88 Å². The topological polar surface area (TPSA) is 37.4 Å². The Bertz CT molecular complexity index is 606. The number of nitrogens with zero attached hydrogens (tertiary/aromatic N) is 1. The third-order valence-electron chi connectivity index (χ3n) is 2.48. The largest absolute Gasteiger partial charge is 0.243 e. The summed E-state index contributed by atoms with van der Waals surface area (Å²) in [6, 6.07) is 10.5. The Morgan fingerprint density at radius 1 is 1.22 bits per heavy atom. The molecule has 0 amide bonds. The van der Waals surface area contributed by atoms with Crippen molar-refractivity contribution in [3.05, 3.63) is 51.1 Å². The van der Waals surface area contributed by atoms with Crippen LogP contribution in [-0.2, 0) is 16.6 Å². The maximum Gasteiger partial charge on any atom is 0.243 e. The summed E-state index contributed by atoms with van der Waals surface area (Å²) < 4.78 is 26.8. The normalized spacial score (nSPS) is 11.9. The van der Waals surface area contributed by atoms with E-state index in [1.807, 2.05) is 17.5 Å². The molecule has 0 bridgehead atoms. The van der Waals surface area contributed by atoms with Gasteiger partial charge in [-0.3, -0.25) is 0 Å². The minimum Gasteiger partial charge on any atom is -0.207 e. The standard InChI is InChI=1S/C12H12BrNO2S2/c1-14(9-11-3-2-8-17-11)18(15,16)12-6-4-10(13)5-7-12/h2-8H,9H2,1H3. The molecule has 3 nitrogen and oxygen atoms in total. The molecular weight excluding hydrogens is 334 g/mol. The van der Waals surface area contributed by atoms with Crippen molar-refractivity contribution in [1.29, 1.82) is 0 Å². The molecule has 0 N–H and O–H groups in total. The molecule has 0 saturated carbocycles. The first-order valence-electron chi connectivity index (χ1n) is 5.24. The first-order valence-corrected chi connectivity index (χ1v) is 8.36. The Labute approximate surface area is 119 Å². The molecule has 0 saturated heterocycles. The zero-order valence-corrected chi connectivity index (χ0v) is 12.9. The number of halogens is 1. The van der Waals surface area contributed by atoms with Crippen LogP contribution in [0.4, 0.5) is 0 Å². The molecule has 18 heavy (non-hydrogen) atoms. The van der Waals surface area contributed by atoms with E-state index in [4.69, 9.17) is 0 Å². The van der Waals surface area contributed by atoms with Crippen molar-refractivity contribution in [2.75, 3.05) is 7.05 Å². The summed E-state index contributed by atoms with van der Waals surface area (Å²) in [6.07, 6.45) is 0. The maximum absolute atomic E-state index is 12.3. The van der Waals surface area contributed by atoms with Crippen molar-refractivity contribution in [1.82, 2.24) is 4.31 Å². The van der Waals surface area contributed by atoms with Crippen molar-refractivity contribution < 1.29 is 8.42 Å². The SMILES string of the molecule is CN(Cc1cccs1)S(=O)(=O)c1ccc(Br)cc1. The highest BCUT2D eigenvalue weighted by molar-refractivity contribution is 9.10. The fraction of sp³-hybridized carbons (Fsp3) is 0.167. The summed E-state index contributed by atoms with van der Waals surface area (Å²) in [6.45, 7) is 0.399. The molecule has 1 aromatic carbocycles. The molecule has 0 atom stereocenters. The summed E-state index contributed by atoms with van der Waals surface area (Å²) in [5, 5.41) is 1.94. The van der Waals surface area contributed by atoms with Crippen LogP contribution in [0, 0.1) is 0 Å². The second-order valence-electron chi connectivity index (χ2n) is 3.79. The van der Waals surface area contributed by atoms with E-state index in [0.29, 0.717) is 11.4 Å². The predicted octanol–water partition coefficient (Wildman–Crippen LogP) is 3.33. The third kappa shape index (κ3) is 3.00. The van der Waals surface area contributed by atoms with Gasteiger partial charge in [-0.05, 0) is 35.7 Å². The van der Waals surface area contributed by atoms with Gasteiger partial charge in [0, 0.05) is 22.9 Å². The monoisotopic (exact) mass is 345 g/mol. The smallest absolute Gasteiger partial charge is 0.207 e. The predicted molar refractivity (Wildman–Crippen MR) is 77.1 cm³/mol. The van der Waals surface area contributed by atoms with E-state index in [2.05, 4.69) is 15.9 Å². The maximum atomic E-state index is 12.3. The van der Waals surface area contributed by atoms with Crippen LogP contribution in [0.5, 0.6) is 0 Å². The van der Waals surface area contributed by atoms with Gasteiger partial charge in [-0.2, -0.15) is 4.31 Å². The molecule has 0 aliphatic rings. The van der Waals surface area contributed by atoms with Crippen LogP contribution in [0.25, 0.3) is 0 Å². The van der Waals surface area contributed by atoms with Crippen molar-refractivity contribution in [3.63, 3.8) is 0 Å². The summed E-state index contributed by atoms with van der Waals surface area (Å²) in [4.78, 5) is 1.34. The lowest BCUT2D eigenvalue weighted by molar-refractivity contribution is 0.469. The number of sulfonamides is 1. The molecular formula is C12H12BrNO2S2. The third-order valence-corrected chi connectivity index (χ3v) is 5.69. The van der Waals surface area contributed by atoms with Gasteiger partial charge in [0.25, 0.3) is 0 Å². The highest BCUT2D eigenvalue weighted by Gasteiger charge is 2.20. The van der Waals surface area contributed by atoms with Gasteiger partial charge < -0.3 is 0 Å². The van der Waals surface area contributed by atoms with Gasteiger partial charge in [0.1, 0.15) is 0 Å². The van der Waals surface area contributed by atoms with E-state index in [-0.39, 0.29) is 0 Å². The van der Waals surface area contributed by atoms with Gasteiger partial charge in [-0.15, -0.1) is 11.3 Å². The van der Waals surface area contributed by atoms with E-state index in [0.717, 1.165) is 9.35 Å². The minimum atomic E-state index is -3.41. The highest BCUT2D eigenvalue weighted by Crippen LogP contribution is 2.20. The van der Waals surface area contributed by atoms with Gasteiger partial charge in [0.2, 0.25) is 10.0 Å². The number of hydrogen-bond donors (Lipinski definition) is 0. The Morgan fingerprint density at radius 2 is 1.89 bits per heavy atom. The molecule has 0 radical (unpaired) electrons. The zero-order chi connectivity index (χ0) is 13.2. The van der Waals surface area contributed by atoms with E-state index >= 15 is 0 Å². The highest BCUT2D eigenvalue weighted by atomic mass is 79.9. The molecule has 96 valence electrons. The van der Waals surface area contributed by atoms with Crippen LogP contribution in [-0.4, -0.2) is 19.8 Å². The lowest BCUT2D eigenvalue weighted by Gasteiger charge is -2.16. The molecule has 0 fully saturated rings. The average molecular weight is 346 g/mol. The first kappa shape index (κ1) is 13.7. The molecule has 0 spiro atoms. The van der Waals surface area contributed by atoms with Crippen LogP contribution in [0.2, 0.25) is 0 Å². The Morgan fingerprint density at radius 3 is 2.44 bits per heavy atom. The summed E-state index contributed by atoms with van der Waals surface area (Å²) in [5.74, 6) is 0. The second-order valence-corrected chi connectivity index (χ2v) is 7.79. The van der Waals surface area contributed by atoms with Crippen molar-refractivity contribution >= 4 is 37.3 Å². The van der Waals surface area contributed by atoms with Gasteiger partial charge in [-0.25, -0.2) is 8.42 Å². The van der Waals surface area contributed by atoms with Crippen molar-refractivity contribution in [3.8, 4) is 0 Å². The van der Waals surface area contributed by atoms with E-state index in [1.165, 1.54) is 4.31 Å². The van der Waals surface area contributed by atoms with Gasteiger partial charge in [0.05, 0.1) is 4.90 Å². The molecule has 2 aromatic rings. The molecule has 0 unspecified atom stereocenters. The zero-order valence-electron chi connectivity index (χ0n) is 9.71. The first-order chi connectivity index (χ1) is 8.50. The molecule has 2 rings (SSSR count). The summed E-state index contributed by atoms with van der Waals surface area (Å²) in [5.41, 5.74) is 0. The molecule has 1 aromatic heterocycles. The Kier molecular flexibility index (Phi) is 4.21. The number of benzene rings is 1. The lowest BCUT2D eigenvalue weighted by atomic mass is 10.4. The van der Waals surface area contributed by atoms with Crippen molar-refractivity contribution in [2.24, 2.45) is 0 Å². The number of hydrogen-bond acceptors (Lipinski definition) is 3. The molecule has 1 heterocycles. The van der Waals surface area contributed by atoms with Gasteiger partial charge >= 0.3 is 0 Å². The van der Waals surface area contributed by atoms with Gasteiger partial charge in [-0.1, -0.05) is 22.0 Å². The summed E-state index contributed by atoms with van der Waals surface area (Å²) in [7, 11) is -1.82. The quantitative estimate of drug-likeness (QED) is 0.852. The molecule has 0 aliphatic carbocycles. The summed E-state index contributed by atoms with van der Waals surface area (Å²) >= 11 is 4.84. The minimum absolute atomic E-state index is 0.310. The fourth-order valence-corrected chi connectivity index (χ4v) is 3.75.